The van der Waals surface area contributed by atoms with Gasteiger partial charge >= 0.3 is 0 Å². The highest BCUT2D eigenvalue weighted by molar-refractivity contribution is 5.81. The molecule has 0 N–H and O–H groups in total. The van der Waals surface area contributed by atoms with Crippen LogP contribution in [0.25, 0.3) is 0 Å². The number of aromatic nitrogens is 2. The molecule has 0 bridgehead atoms. The number of halogens is 1. The molecule has 1 heterocycles. The maximum absolute atomic E-state index is 15.6. The van der Waals surface area contributed by atoms with E-state index in [4.69, 9.17) is 4.84 Å². The summed E-state index contributed by atoms with van der Waals surface area (Å²) in [7, 11) is 1.52. The summed E-state index contributed by atoms with van der Waals surface area (Å²) < 4.78 is 17.3. The van der Waals surface area contributed by atoms with E-state index >= 15 is 4.39 Å². The smallest absolute Gasteiger partial charge is 0.290 e. The summed E-state index contributed by atoms with van der Waals surface area (Å²) in [5, 5.41) is 3.95. The van der Waals surface area contributed by atoms with Crippen molar-refractivity contribution in [2.75, 3.05) is 7.11 Å². The second-order valence-corrected chi connectivity index (χ2v) is 7.69. The second-order valence-electron chi connectivity index (χ2n) is 7.69. The first-order valence-corrected chi connectivity index (χ1v) is 10.6. The van der Waals surface area contributed by atoms with Crippen LogP contribution in [-0.2, 0) is 16.8 Å². The van der Waals surface area contributed by atoms with Crippen LogP contribution >= 0.6 is 0 Å². The maximum atomic E-state index is 15.6. The Kier molecular flexibility index (Phi) is 6.45. The van der Waals surface area contributed by atoms with Gasteiger partial charge in [-0.15, -0.1) is 0 Å². The lowest BCUT2D eigenvalue weighted by Gasteiger charge is -2.37. The van der Waals surface area contributed by atoms with Crippen molar-refractivity contribution in [3.63, 3.8) is 0 Å². The molecule has 0 spiro atoms. The Labute approximate surface area is 188 Å². The van der Waals surface area contributed by atoms with E-state index in [1.165, 1.54) is 7.11 Å². The Morgan fingerprint density at radius 1 is 0.875 bits per heavy atom. The molecule has 0 aliphatic rings. The predicted molar refractivity (Wildman–Crippen MR) is 125 cm³/mol. The van der Waals surface area contributed by atoms with Gasteiger partial charge in [0, 0.05) is 6.20 Å². The van der Waals surface area contributed by atoms with E-state index in [1.54, 1.807) is 4.57 Å². The first-order chi connectivity index (χ1) is 15.7. The zero-order chi connectivity index (χ0) is 22.4. The first kappa shape index (κ1) is 21.5. The average molecular weight is 428 g/mol. The summed E-state index contributed by atoms with van der Waals surface area (Å²) in [4.78, 5) is 9.12. The highest BCUT2D eigenvalue weighted by atomic mass is 19.1. The molecule has 162 valence electrons. The van der Waals surface area contributed by atoms with Gasteiger partial charge in [0.2, 0.25) is 0 Å². The number of hydrogen-bond donors (Lipinski definition) is 0. The van der Waals surface area contributed by atoms with Crippen molar-refractivity contribution in [2.45, 2.75) is 25.3 Å². The first-order valence-electron chi connectivity index (χ1n) is 10.6. The molecule has 0 amide bonds. The summed E-state index contributed by atoms with van der Waals surface area (Å²) in [6.07, 6.45) is 2.50. The second kappa shape index (κ2) is 9.60. The van der Waals surface area contributed by atoms with Crippen molar-refractivity contribution in [1.29, 1.82) is 0 Å². The van der Waals surface area contributed by atoms with Gasteiger partial charge in [0.15, 0.2) is 0 Å². The Bertz CT molecular complexity index is 1070. The molecular formula is C27H26FN3O. The van der Waals surface area contributed by atoms with Gasteiger partial charge in [0.25, 0.3) is 6.08 Å². The molecule has 4 nitrogen and oxygen atoms in total. The zero-order valence-electron chi connectivity index (χ0n) is 18.3. The van der Waals surface area contributed by atoms with Crippen LogP contribution in [0.2, 0.25) is 0 Å². The Morgan fingerprint density at radius 3 is 1.78 bits per heavy atom. The Morgan fingerprint density at radius 2 is 1.34 bits per heavy atom. The van der Waals surface area contributed by atoms with Gasteiger partial charge in [-0.2, -0.15) is 4.39 Å². The number of rotatable bonds is 8. The normalized spacial score (nSPS) is 12.0. The van der Waals surface area contributed by atoms with Gasteiger partial charge in [0.1, 0.15) is 12.6 Å². The van der Waals surface area contributed by atoms with Crippen molar-refractivity contribution in [3.8, 4) is 0 Å². The van der Waals surface area contributed by atoms with Crippen molar-refractivity contribution < 1.29 is 9.23 Å². The van der Waals surface area contributed by atoms with Crippen LogP contribution in [0.3, 0.4) is 0 Å². The fourth-order valence-electron chi connectivity index (χ4n) is 4.22. The topological polar surface area (TPSA) is 39.4 Å². The highest BCUT2D eigenvalue weighted by Crippen LogP contribution is 2.41. The summed E-state index contributed by atoms with van der Waals surface area (Å²) in [6, 6.07) is 30.0. The molecule has 0 saturated heterocycles. The minimum absolute atomic E-state index is 0.530. The molecular weight excluding hydrogens is 401 g/mol. The molecule has 3 aromatic carbocycles. The molecule has 4 aromatic rings. The van der Waals surface area contributed by atoms with Crippen LogP contribution in [0.15, 0.2) is 102 Å². The highest BCUT2D eigenvalue weighted by Gasteiger charge is 2.40. The molecule has 0 fully saturated rings. The summed E-state index contributed by atoms with van der Waals surface area (Å²) >= 11 is 0. The minimum atomic E-state index is -0.908. The van der Waals surface area contributed by atoms with Crippen LogP contribution < -0.4 is 0 Å². The van der Waals surface area contributed by atoms with E-state index in [2.05, 4.69) is 10.1 Å². The van der Waals surface area contributed by atoms with Gasteiger partial charge < -0.3 is 4.84 Å². The SMILES string of the molecule is CO/N=C(/C)CCc1cn(C(c2ccccc2)(c2ccccc2)c2ccccc2)c(F)n1. The van der Waals surface area contributed by atoms with E-state index in [0.29, 0.717) is 18.5 Å². The summed E-state index contributed by atoms with van der Waals surface area (Å²) in [6.45, 7) is 1.89. The van der Waals surface area contributed by atoms with Gasteiger partial charge in [-0.1, -0.05) is 96.2 Å². The van der Waals surface area contributed by atoms with E-state index in [-0.39, 0.29) is 0 Å². The van der Waals surface area contributed by atoms with Crippen LogP contribution in [0.5, 0.6) is 0 Å². The van der Waals surface area contributed by atoms with Gasteiger partial charge in [-0.25, -0.2) is 4.98 Å². The van der Waals surface area contributed by atoms with Crippen molar-refractivity contribution in [2.24, 2.45) is 5.16 Å². The third-order valence-electron chi connectivity index (χ3n) is 5.64. The number of imidazole rings is 1. The molecule has 0 unspecified atom stereocenters. The summed E-state index contributed by atoms with van der Waals surface area (Å²) in [5.41, 5.74) is 3.46. The number of aryl methyl sites for hydroxylation is 1. The van der Waals surface area contributed by atoms with Crippen LogP contribution in [0, 0.1) is 6.08 Å². The number of nitrogens with zero attached hydrogens (tertiary/aromatic N) is 3. The molecule has 4 rings (SSSR count). The molecule has 0 aliphatic heterocycles. The van der Waals surface area contributed by atoms with Gasteiger partial charge in [-0.3, -0.25) is 4.57 Å². The lowest BCUT2D eigenvalue weighted by Crippen LogP contribution is -2.38. The monoisotopic (exact) mass is 427 g/mol. The van der Waals surface area contributed by atoms with Crippen LogP contribution in [-0.4, -0.2) is 22.4 Å². The molecule has 0 aliphatic carbocycles. The Hall–Kier alpha value is -3.73. The molecule has 5 heteroatoms. The lowest BCUT2D eigenvalue weighted by molar-refractivity contribution is 0.212. The average Bonchev–Trinajstić information content (AvgIpc) is 3.21. The summed E-state index contributed by atoms with van der Waals surface area (Å²) in [5.74, 6) is 0. The van der Waals surface area contributed by atoms with Crippen molar-refractivity contribution in [1.82, 2.24) is 9.55 Å². The quantitative estimate of drug-likeness (QED) is 0.202. The van der Waals surface area contributed by atoms with Crippen molar-refractivity contribution >= 4 is 5.71 Å². The Balaban J connectivity index is 1.94. The van der Waals surface area contributed by atoms with E-state index in [0.717, 1.165) is 22.4 Å². The number of oxime groups is 1. The maximum Gasteiger partial charge on any atom is 0.290 e. The standard InChI is InChI=1S/C27H26FN3O/c1-21(30-32-2)18-19-25-20-31(26(28)29-25)27(22-12-6-3-7-13-22,23-14-8-4-9-15-23)24-16-10-5-11-17-24/h3-17,20H,18-19H2,1-2H3/b30-21-. The van der Waals surface area contributed by atoms with E-state index in [9.17, 15) is 0 Å². The fourth-order valence-corrected chi connectivity index (χ4v) is 4.22. The fraction of sp³-hybridized carbons (Fsp3) is 0.185. The van der Waals surface area contributed by atoms with E-state index in [1.807, 2.05) is 104 Å². The molecule has 0 atom stereocenters. The third kappa shape index (κ3) is 4.06. The lowest BCUT2D eigenvalue weighted by atomic mass is 9.76. The molecule has 1 aromatic heterocycles. The van der Waals surface area contributed by atoms with Gasteiger partial charge in [-0.05, 0) is 36.5 Å². The van der Waals surface area contributed by atoms with Crippen LogP contribution in [0.4, 0.5) is 4.39 Å². The number of benzene rings is 3. The molecule has 32 heavy (non-hydrogen) atoms. The zero-order valence-corrected chi connectivity index (χ0v) is 18.3. The minimum Gasteiger partial charge on any atom is -0.399 e. The van der Waals surface area contributed by atoms with E-state index < -0.39 is 11.6 Å². The van der Waals surface area contributed by atoms with Crippen LogP contribution in [0.1, 0.15) is 35.7 Å². The number of hydrogen-bond acceptors (Lipinski definition) is 3. The molecule has 0 saturated carbocycles. The third-order valence-corrected chi connectivity index (χ3v) is 5.64. The predicted octanol–water partition coefficient (Wildman–Crippen LogP) is 5.82. The van der Waals surface area contributed by atoms with Gasteiger partial charge in [0.05, 0.1) is 11.4 Å². The van der Waals surface area contributed by atoms with Crippen molar-refractivity contribution in [3.05, 3.63) is 126 Å². The largest absolute Gasteiger partial charge is 0.399 e. The molecule has 0 radical (unpaired) electrons.